The number of benzene rings is 1. The summed E-state index contributed by atoms with van der Waals surface area (Å²) in [5.41, 5.74) is 0.123. The molecule has 5 nitrogen and oxygen atoms in total. The molecule has 1 aromatic heterocycles. The molecule has 0 amide bonds. The van der Waals surface area contributed by atoms with E-state index < -0.39 is 5.97 Å². The fourth-order valence-corrected chi connectivity index (χ4v) is 3.44. The van der Waals surface area contributed by atoms with Crippen LogP contribution in [0, 0.1) is 0 Å². The van der Waals surface area contributed by atoms with Crippen LogP contribution >= 0.6 is 0 Å². The Morgan fingerprint density at radius 3 is 2.60 bits per heavy atom. The number of unbranched alkanes of at least 4 members (excludes halogenated alkanes) is 2. The summed E-state index contributed by atoms with van der Waals surface area (Å²) in [7, 11) is 0. The van der Waals surface area contributed by atoms with Gasteiger partial charge in [-0.25, -0.2) is 9.48 Å². The Morgan fingerprint density at radius 1 is 1.16 bits per heavy atom. The van der Waals surface area contributed by atoms with Crippen LogP contribution < -0.4 is 5.56 Å². The number of rotatable bonds is 6. The van der Waals surface area contributed by atoms with Gasteiger partial charge in [-0.05, 0) is 38.2 Å². The van der Waals surface area contributed by atoms with Crippen LogP contribution in [0.3, 0.4) is 0 Å². The maximum atomic E-state index is 12.7. The third-order valence-corrected chi connectivity index (χ3v) is 4.86. The lowest BCUT2D eigenvalue weighted by Crippen LogP contribution is -2.28. The van der Waals surface area contributed by atoms with Crippen molar-refractivity contribution in [2.45, 2.75) is 70.9 Å². The van der Waals surface area contributed by atoms with Gasteiger partial charge in [0.2, 0.25) is 0 Å². The number of aryl methyl sites for hydroxylation is 1. The maximum absolute atomic E-state index is 12.7. The third-order valence-electron chi connectivity index (χ3n) is 4.86. The van der Waals surface area contributed by atoms with E-state index in [2.05, 4.69) is 12.0 Å². The van der Waals surface area contributed by atoms with Gasteiger partial charge in [-0.1, -0.05) is 44.4 Å². The average molecular weight is 342 g/mol. The summed E-state index contributed by atoms with van der Waals surface area (Å²) < 4.78 is 7.12. The number of hydrogen-bond donors (Lipinski definition) is 0. The van der Waals surface area contributed by atoms with Gasteiger partial charge >= 0.3 is 5.97 Å². The van der Waals surface area contributed by atoms with E-state index in [-0.39, 0.29) is 17.4 Å². The SMILES string of the molecule is CCCCCn1nc(C(=O)OC2CCCCC2)c2ccccc2c1=O. The molecule has 1 aromatic carbocycles. The van der Waals surface area contributed by atoms with Gasteiger partial charge in [-0.15, -0.1) is 0 Å². The number of fused-ring (bicyclic) bond motifs is 1. The first-order chi connectivity index (χ1) is 12.2. The molecule has 0 spiro atoms. The molecule has 1 heterocycles. The first kappa shape index (κ1) is 17.6. The van der Waals surface area contributed by atoms with Crippen molar-refractivity contribution in [3.05, 3.63) is 40.3 Å². The van der Waals surface area contributed by atoms with E-state index >= 15 is 0 Å². The lowest BCUT2D eigenvalue weighted by molar-refractivity contribution is 0.0204. The van der Waals surface area contributed by atoms with Crippen molar-refractivity contribution in [2.75, 3.05) is 0 Å². The summed E-state index contributed by atoms with van der Waals surface area (Å²) >= 11 is 0. The van der Waals surface area contributed by atoms with Crippen LogP contribution in [-0.2, 0) is 11.3 Å². The van der Waals surface area contributed by atoms with Gasteiger partial charge in [-0.3, -0.25) is 4.79 Å². The fraction of sp³-hybridized carbons (Fsp3) is 0.550. The monoisotopic (exact) mass is 342 g/mol. The van der Waals surface area contributed by atoms with Gasteiger partial charge < -0.3 is 4.74 Å². The standard InChI is InChI=1S/C20H26N2O3/c1-2-3-9-14-22-19(23)17-13-8-7-12-16(17)18(21-22)20(24)25-15-10-5-4-6-11-15/h7-8,12-13,15H,2-6,9-11,14H2,1H3. The lowest BCUT2D eigenvalue weighted by atomic mass is 9.98. The summed E-state index contributed by atoms with van der Waals surface area (Å²) in [6, 6.07) is 7.17. The van der Waals surface area contributed by atoms with Gasteiger partial charge in [0, 0.05) is 11.9 Å². The molecule has 0 atom stereocenters. The number of ether oxygens (including phenoxy) is 1. The van der Waals surface area contributed by atoms with Crippen LogP contribution in [0.4, 0.5) is 0 Å². The van der Waals surface area contributed by atoms with Crippen molar-refractivity contribution < 1.29 is 9.53 Å². The van der Waals surface area contributed by atoms with Gasteiger partial charge in [0.05, 0.1) is 5.39 Å². The van der Waals surface area contributed by atoms with E-state index in [0.717, 1.165) is 44.9 Å². The second-order valence-electron chi connectivity index (χ2n) is 6.79. The zero-order valence-electron chi connectivity index (χ0n) is 14.9. The van der Waals surface area contributed by atoms with Crippen LogP contribution in [-0.4, -0.2) is 21.9 Å². The molecule has 1 aliphatic carbocycles. The topological polar surface area (TPSA) is 61.2 Å². The molecule has 0 aliphatic heterocycles. The maximum Gasteiger partial charge on any atom is 0.359 e. The first-order valence-corrected chi connectivity index (χ1v) is 9.41. The summed E-state index contributed by atoms with van der Waals surface area (Å²) in [6.45, 7) is 2.64. The number of aromatic nitrogens is 2. The Balaban J connectivity index is 1.93. The quantitative estimate of drug-likeness (QED) is 0.586. The van der Waals surface area contributed by atoms with Crippen LogP contribution in [0.1, 0.15) is 68.8 Å². The van der Waals surface area contributed by atoms with Gasteiger partial charge in [-0.2, -0.15) is 5.10 Å². The molecule has 0 bridgehead atoms. The summed E-state index contributed by atoms with van der Waals surface area (Å²) in [5, 5.41) is 5.48. The number of carbonyl (C=O) groups is 1. The number of esters is 1. The molecule has 0 saturated heterocycles. The average Bonchev–Trinajstić information content (AvgIpc) is 2.64. The Hall–Kier alpha value is -2.17. The first-order valence-electron chi connectivity index (χ1n) is 9.41. The molecular weight excluding hydrogens is 316 g/mol. The van der Waals surface area contributed by atoms with Crippen molar-refractivity contribution in [1.29, 1.82) is 0 Å². The highest BCUT2D eigenvalue weighted by Crippen LogP contribution is 2.22. The van der Waals surface area contributed by atoms with Crippen LogP contribution in [0.5, 0.6) is 0 Å². The van der Waals surface area contributed by atoms with Crippen molar-refractivity contribution in [2.24, 2.45) is 0 Å². The molecule has 1 saturated carbocycles. The largest absolute Gasteiger partial charge is 0.458 e. The zero-order valence-corrected chi connectivity index (χ0v) is 14.9. The van der Waals surface area contributed by atoms with E-state index in [1.165, 1.54) is 11.1 Å². The van der Waals surface area contributed by atoms with Crippen LogP contribution in [0.2, 0.25) is 0 Å². The molecule has 134 valence electrons. The van der Waals surface area contributed by atoms with E-state index in [1.807, 2.05) is 12.1 Å². The molecule has 25 heavy (non-hydrogen) atoms. The van der Waals surface area contributed by atoms with E-state index in [4.69, 9.17) is 4.74 Å². The number of nitrogens with zero attached hydrogens (tertiary/aromatic N) is 2. The molecule has 0 unspecified atom stereocenters. The normalized spacial score (nSPS) is 15.4. The minimum atomic E-state index is -0.410. The third kappa shape index (κ3) is 4.09. The Morgan fingerprint density at radius 2 is 1.88 bits per heavy atom. The summed E-state index contributed by atoms with van der Waals surface area (Å²) in [5.74, 6) is -0.410. The zero-order chi connectivity index (χ0) is 17.6. The smallest absolute Gasteiger partial charge is 0.359 e. The summed E-state index contributed by atoms with van der Waals surface area (Å²) in [4.78, 5) is 25.4. The van der Waals surface area contributed by atoms with Crippen LogP contribution in [0.25, 0.3) is 10.8 Å². The highest BCUT2D eigenvalue weighted by atomic mass is 16.5. The van der Waals surface area contributed by atoms with Gasteiger partial charge in [0.25, 0.3) is 5.56 Å². The molecule has 5 heteroatoms. The number of carbonyl (C=O) groups excluding carboxylic acids is 1. The number of hydrogen-bond acceptors (Lipinski definition) is 4. The van der Waals surface area contributed by atoms with Gasteiger partial charge in [0.1, 0.15) is 6.10 Å². The predicted molar refractivity (Wildman–Crippen MR) is 97.8 cm³/mol. The second-order valence-corrected chi connectivity index (χ2v) is 6.79. The van der Waals surface area contributed by atoms with Crippen molar-refractivity contribution in [1.82, 2.24) is 9.78 Å². The molecule has 0 N–H and O–H groups in total. The van der Waals surface area contributed by atoms with E-state index in [9.17, 15) is 9.59 Å². The fourth-order valence-electron chi connectivity index (χ4n) is 3.44. The highest BCUT2D eigenvalue weighted by Gasteiger charge is 2.22. The summed E-state index contributed by atoms with van der Waals surface area (Å²) in [6.07, 6.45) is 8.19. The van der Waals surface area contributed by atoms with E-state index in [1.54, 1.807) is 12.1 Å². The molecule has 0 radical (unpaired) electrons. The Kier molecular flexibility index (Phi) is 5.84. The van der Waals surface area contributed by atoms with Crippen LogP contribution in [0.15, 0.2) is 29.1 Å². The molecule has 1 aliphatic rings. The predicted octanol–water partition coefficient (Wildman–Crippen LogP) is 4.08. The Bertz CT molecular complexity index is 791. The van der Waals surface area contributed by atoms with Gasteiger partial charge in [0.15, 0.2) is 5.69 Å². The Labute approximate surface area is 148 Å². The molecule has 1 fully saturated rings. The van der Waals surface area contributed by atoms with Crippen molar-refractivity contribution in [3.8, 4) is 0 Å². The van der Waals surface area contributed by atoms with Crippen molar-refractivity contribution >= 4 is 16.7 Å². The van der Waals surface area contributed by atoms with E-state index in [0.29, 0.717) is 17.3 Å². The lowest BCUT2D eigenvalue weighted by Gasteiger charge is -2.22. The second kappa shape index (κ2) is 8.28. The molecular formula is C20H26N2O3. The highest BCUT2D eigenvalue weighted by molar-refractivity contribution is 6.02. The minimum Gasteiger partial charge on any atom is -0.458 e. The van der Waals surface area contributed by atoms with Crippen molar-refractivity contribution in [3.63, 3.8) is 0 Å². The molecule has 3 rings (SSSR count). The molecule has 2 aromatic rings. The minimum absolute atomic E-state index is 0.0257.